The molecule has 2 aromatic rings. The molecule has 25 heavy (non-hydrogen) atoms. The Morgan fingerprint density at radius 2 is 1.84 bits per heavy atom. The van der Waals surface area contributed by atoms with Gasteiger partial charge in [0.25, 0.3) is 11.6 Å². The summed E-state index contributed by atoms with van der Waals surface area (Å²) in [5.41, 5.74) is -1.03. The maximum atomic E-state index is 12.7. The number of carbonyl (C=O) groups excluding carboxylic acids is 1. The minimum atomic E-state index is -4.51. The largest absolute Gasteiger partial charge is 0.481 e. The third-order valence-electron chi connectivity index (χ3n) is 3.19. The van der Waals surface area contributed by atoms with Gasteiger partial charge in [-0.25, -0.2) is 0 Å². The molecular weight excluding hydrogens is 341 g/mol. The maximum absolute atomic E-state index is 12.7. The summed E-state index contributed by atoms with van der Waals surface area (Å²) in [5, 5.41) is 12.9. The molecular formula is C16H13F3N2O4. The Labute approximate surface area is 140 Å². The van der Waals surface area contributed by atoms with E-state index in [9.17, 15) is 28.1 Å². The number of anilines is 1. The van der Waals surface area contributed by atoms with E-state index in [4.69, 9.17) is 4.74 Å². The van der Waals surface area contributed by atoms with Crippen LogP contribution in [0.25, 0.3) is 0 Å². The van der Waals surface area contributed by atoms with Crippen LogP contribution in [-0.2, 0) is 11.0 Å². The SMILES string of the molecule is C[C@@H](Oc1ccc([N+](=O)[O-])cc1)C(=O)Nc1cccc(C(F)(F)F)c1. The average Bonchev–Trinajstić information content (AvgIpc) is 2.54. The first-order chi connectivity index (χ1) is 11.7. The van der Waals surface area contributed by atoms with Gasteiger partial charge in [-0.2, -0.15) is 13.2 Å². The van der Waals surface area contributed by atoms with E-state index in [-0.39, 0.29) is 17.1 Å². The lowest BCUT2D eigenvalue weighted by Gasteiger charge is -2.15. The lowest BCUT2D eigenvalue weighted by molar-refractivity contribution is -0.384. The number of alkyl halides is 3. The second kappa shape index (κ2) is 7.20. The summed E-state index contributed by atoms with van der Waals surface area (Å²) in [4.78, 5) is 22.0. The third kappa shape index (κ3) is 4.93. The minimum absolute atomic E-state index is 0.0148. The number of hydrogen-bond acceptors (Lipinski definition) is 4. The van der Waals surface area contributed by atoms with Gasteiger partial charge in [-0.1, -0.05) is 6.07 Å². The van der Waals surface area contributed by atoms with E-state index in [1.807, 2.05) is 0 Å². The summed E-state index contributed by atoms with van der Waals surface area (Å²) >= 11 is 0. The summed E-state index contributed by atoms with van der Waals surface area (Å²) < 4.78 is 43.3. The number of carbonyl (C=O) groups is 1. The van der Waals surface area contributed by atoms with Crippen molar-refractivity contribution in [2.45, 2.75) is 19.2 Å². The molecule has 0 aliphatic heterocycles. The number of nitrogens with zero attached hydrogens (tertiary/aromatic N) is 1. The molecule has 0 bridgehead atoms. The van der Waals surface area contributed by atoms with Crippen LogP contribution < -0.4 is 10.1 Å². The van der Waals surface area contributed by atoms with Crippen molar-refractivity contribution in [2.75, 3.05) is 5.32 Å². The van der Waals surface area contributed by atoms with E-state index < -0.39 is 28.7 Å². The number of benzene rings is 2. The molecule has 2 rings (SSSR count). The Bertz CT molecular complexity index is 776. The molecule has 0 unspecified atom stereocenters. The predicted molar refractivity (Wildman–Crippen MR) is 83.3 cm³/mol. The van der Waals surface area contributed by atoms with Gasteiger partial charge in [0.05, 0.1) is 10.5 Å². The van der Waals surface area contributed by atoms with Crippen LogP contribution in [0.5, 0.6) is 5.75 Å². The van der Waals surface area contributed by atoms with E-state index in [0.29, 0.717) is 0 Å². The number of halogens is 3. The van der Waals surface area contributed by atoms with Crippen molar-refractivity contribution in [3.05, 3.63) is 64.2 Å². The van der Waals surface area contributed by atoms with Crippen LogP contribution >= 0.6 is 0 Å². The van der Waals surface area contributed by atoms with Crippen LogP contribution in [0.3, 0.4) is 0 Å². The zero-order chi connectivity index (χ0) is 18.6. The van der Waals surface area contributed by atoms with Gasteiger partial charge in [0.2, 0.25) is 0 Å². The van der Waals surface area contributed by atoms with Crippen molar-refractivity contribution in [3.8, 4) is 5.75 Å². The molecule has 0 aliphatic rings. The first-order valence-corrected chi connectivity index (χ1v) is 7.06. The van der Waals surface area contributed by atoms with Crippen LogP contribution in [0.4, 0.5) is 24.5 Å². The fourth-order valence-corrected chi connectivity index (χ4v) is 1.92. The lowest BCUT2D eigenvalue weighted by Crippen LogP contribution is -2.30. The number of nitrogens with one attached hydrogen (secondary N) is 1. The van der Waals surface area contributed by atoms with E-state index >= 15 is 0 Å². The number of rotatable bonds is 5. The van der Waals surface area contributed by atoms with Crippen LogP contribution in [0.15, 0.2) is 48.5 Å². The van der Waals surface area contributed by atoms with E-state index in [1.54, 1.807) is 0 Å². The number of hydrogen-bond donors (Lipinski definition) is 1. The molecule has 0 fully saturated rings. The number of ether oxygens (including phenoxy) is 1. The normalized spacial score (nSPS) is 12.3. The van der Waals surface area contributed by atoms with Crippen molar-refractivity contribution in [2.24, 2.45) is 0 Å². The number of non-ortho nitro benzene ring substituents is 1. The molecule has 0 aliphatic carbocycles. The Balaban J connectivity index is 2.02. The lowest BCUT2D eigenvalue weighted by atomic mass is 10.2. The molecule has 1 atom stereocenters. The summed E-state index contributed by atoms with van der Waals surface area (Å²) in [6.45, 7) is 1.41. The average molecular weight is 354 g/mol. The molecule has 0 spiro atoms. The zero-order valence-electron chi connectivity index (χ0n) is 12.9. The molecule has 0 saturated carbocycles. The topological polar surface area (TPSA) is 81.5 Å². The van der Waals surface area contributed by atoms with E-state index in [1.165, 1.54) is 43.3 Å². The van der Waals surface area contributed by atoms with Gasteiger partial charge in [0, 0.05) is 17.8 Å². The fraction of sp³-hybridized carbons (Fsp3) is 0.188. The molecule has 0 saturated heterocycles. The summed E-state index contributed by atoms with van der Waals surface area (Å²) in [6, 6.07) is 9.30. The van der Waals surface area contributed by atoms with Gasteiger partial charge < -0.3 is 10.1 Å². The van der Waals surface area contributed by atoms with E-state index in [2.05, 4.69) is 5.32 Å². The quantitative estimate of drug-likeness (QED) is 0.649. The molecule has 1 amide bonds. The highest BCUT2D eigenvalue weighted by Crippen LogP contribution is 2.30. The van der Waals surface area contributed by atoms with Gasteiger partial charge in [-0.15, -0.1) is 0 Å². The molecule has 0 heterocycles. The molecule has 9 heteroatoms. The standard InChI is InChI=1S/C16H13F3N2O4/c1-10(25-14-7-5-13(6-8-14)21(23)24)15(22)20-12-4-2-3-11(9-12)16(17,18)19/h2-10H,1H3,(H,20,22)/t10-/m1/s1. The molecule has 0 radical (unpaired) electrons. The second-order valence-electron chi connectivity index (χ2n) is 5.08. The highest BCUT2D eigenvalue weighted by Gasteiger charge is 2.30. The fourth-order valence-electron chi connectivity index (χ4n) is 1.92. The highest BCUT2D eigenvalue weighted by molar-refractivity contribution is 5.94. The first-order valence-electron chi connectivity index (χ1n) is 7.06. The van der Waals surface area contributed by atoms with Crippen LogP contribution in [0.2, 0.25) is 0 Å². The number of nitro groups is 1. The Kier molecular flexibility index (Phi) is 5.26. The Morgan fingerprint density at radius 3 is 2.40 bits per heavy atom. The van der Waals surface area contributed by atoms with Gasteiger partial charge in [0.15, 0.2) is 6.10 Å². The second-order valence-corrected chi connectivity index (χ2v) is 5.08. The maximum Gasteiger partial charge on any atom is 0.416 e. The highest BCUT2D eigenvalue weighted by atomic mass is 19.4. The molecule has 6 nitrogen and oxygen atoms in total. The van der Waals surface area contributed by atoms with Gasteiger partial charge >= 0.3 is 6.18 Å². The van der Waals surface area contributed by atoms with Crippen molar-refractivity contribution in [3.63, 3.8) is 0 Å². The van der Waals surface area contributed by atoms with Gasteiger partial charge in [-0.3, -0.25) is 14.9 Å². The number of amides is 1. The minimum Gasteiger partial charge on any atom is -0.481 e. The van der Waals surface area contributed by atoms with Crippen LogP contribution in [0.1, 0.15) is 12.5 Å². The monoisotopic (exact) mass is 354 g/mol. The molecule has 2 aromatic carbocycles. The van der Waals surface area contributed by atoms with Crippen molar-refractivity contribution in [1.82, 2.24) is 0 Å². The predicted octanol–water partition coefficient (Wildman–Crippen LogP) is 4.02. The Hall–Kier alpha value is -3.10. The smallest absolute Gasteiger partial charge is 0.416 e. The summed E-state index contributed by atoms with van der Waals surface area (Å²) in [5.74, 6) is -0.435. The van der Waals surface area contributed by atoms with Crippen molar-refractivity contribution in [1.29, 1.82) is 0 Å². The van der Waals surface area contributed by atoms with E-state index in [0.717, 1.165) is 12.1 Å². The zero-order valence-corrected chi connectivity index (χ0v) is 12.9. The third-order valence-corrected chi connectivity index (χ3v) is 3.19. The van der Waals surface area contributed by atoms with Crippen molar-refractivity contribution >= 4 is 17.3 Å². The number of nitro benzene ring substituents is 1. The van der Waals surface area contributed by atoms with Gasteiger partial charge in [-0.05, 0) is 37.3 Å². The summed E-state index contributed by atoms with van der Waals surface area (Å²) in [7, 11) is 0. The van der Waals surface area contributed by atoms with Crippen LogP contribution in [-0.4, -0.2) is 16.9 Å². The summed E-state index contributed by atoms with van der Waals surface area (Å²) in [6.07, 6.45) is -5.53. The van der Waals surface area contributed by atoms with Crippen molar-refractivity contribution < 1.29 is 27.6 Å². The molecule has 0 aromatic heterocycles. The first kappa shape index (κ1) is 18.2. The Morgan fingerprint density at radius 1 is 1.20 bits per heavy atom. The molecule has 1 N–H and O–H groups in total. The van der Waals surface area contributed by atoms with Crippen LogP contribution in [0, 0.1) is 10.1 Å². The molecule has 132 valence electrons. The van der Waals surface area contributed by atoms with Gasteiger partial charge in [0.1, 0.15) is 5.75 Å².